The molecule has 3 heterocycles. The SMILES string of the molecule is CCOC(=O)N1CCN(C(=O)c2cc3c(=O)oc4ccc(C)cc4c3s2)CC1. The van der Waals surface area contributed by atoms with Gasteiger partial charge in [0.15, 0.2) is 0 Å². The second-order valence-corrected chi connectivity index (χ2v) is 7.77. The van der Waals surface area contributed by atoms with E-state index < -0.39 is 5.63 Å². The number of carbonyl (C=O) groups excluding carboxylic acids is 2. The van der Waals surface area contributed by atoms with Crippen molar-refractivity contribution >= 4 is 44.4 Å². The molecule has 0 spiro atoms. The molecule has 0 saturated carbocycles. The van der Waals surface area contributed by atoms with E-state index in [1.165, 1.54) is 11.3 Å². The van der Waals surface area contributed by atoms with E-state index in [-0.39, 0.29) is 12.0 Å². The van der Waals surface area contributed by atoms with E-state index in [4.69, 9.17) is 9.15 Å². The summed E-state index contributed by atoms with van der Waals surface area (Å²) in [5, 5.41) is 1.27. The number of carbonyl (C=O) groups is 2. The van der Waals surface area contributed by atoms with Crippen molar-refractivity contribution in [1.29, 1.82) is 0 Å². The van der Waals surface area contributed by atoms with Crippen molar-refractivity contribution in [3.8, 4) is 0 Å². The lowest BCUT2D eigenvalue weighted by Crippen LogP contribution is -2.50. The largest absolute Gasteiger partial charge is 0.450 e. The summed E-state index contributed by atoms with van der Waals surface area (Å²) in [7, 11) is 0. The monoisotopic (exact) mass is 400 g/mol. The maximum Gasteiger partial charge on any atom is 0.409 e. The van der Waals surface area contributed by atoms with Crippen LogP contribution in [0.15, 0.2) is 33.5 Å². The van der Waals surface area contributed by atoms with Gasteiger partial charge < -0.3 is 19.0 Å². The lowest BCUT2D eigenvalue weighted by Gasteiger charge is -2.33. The Bertz CT molecular complexity index is 1120. The molecule has 0 radical (unpaired) electrons. The molecule has 4 rings (SSSR count). The standard InChI is InChI=1S/C20H20N2O5S/c1-3-26-20(25)22-8-6-21(7-9-22)18(23)16-11-14-17(28-16)13-10-12(2)4-5-15(13)27-19(14)24/h4-5,10-11H,3,6-9H2,1-2H3. The Labute approximate surface area is 165 Å². The van der Waals surface area contributed by atoms with Crippen molar-refractivity contribution in [2.24, 2.45) is 0 Å². The van der Waals surface area contributed by atoms with E-state index in [1.807, 2.05) is 19.1 Å². The highest BCUT2D eigenvalue weighted by Gasteiger charge is 2.27. The molecule has 7 nitrogen and oxygen atoms in total. The molecule has 0 atom stereocenters. The molecule has 28 heavy (non-hydrogen) atoms. The van der Waals surface area contributed by atoms with Crippen molar-refractivity contribution in [2.45, 2.75) is 13.8 Å². The van der Waals surface area contributed by atoms with Gasteiger partial charge in [0.05, 0.1) is 21.6 Å². The molecule has 146 valence electrons. The minimum absolute atomic E-state index is 0.134. The fraction of sp³-hybridized carbons (Fsp3) is 0.350. The maximum absolute atomic E-state index is 13.0. The van der Waals surface area contributed by atoms with Crippen molar-refractivity contribution in [3.05, 3.63) is 45.1 Å². The Morgan fingerprint density at radius 1 is 1.11 bits per heavy atom. The van der Waals surface area contributed by atoms with Crippen LogP contribution in [-0.2, 0) is 4.74 Å². The third-order valence-corrected chi connectivity index (χ3v) is 5.99. The highest BCUT2D eigenvalue weighted by Crippen LogP contribution is 2.31. The van der Waals surface area contributed by atoms with Gasteiger partial charge in [-0.3, -0.25) is 4.79 Å². The quantitative estimate of drug-likeness (QED) is 0.617. The minimum Gasteiger partial charge on any atom is -0.450 e. The summed E-state index contributed by atoms with van der Waals surface area (Å²) in [5.41, 5.74) is 1.14. The summed E-state index contributed by atoms with van der Waals surface area (Å²) in [5.74, 6) is -0.134. The summed E-state index contributed by atoms with van der Waals surface area (Å²) in [6, 6.07) is 7.25. The van der Waals surface area contributed by atoms with Crippen LogP contribution >= 0.6 is 11.3 Å². The van der Waals surface area contributed by atoms with Crippen molar-refractivity contribution in [2.75, 3.05) is 32.8 Å². The smallest absolute Gasteiger partial charge is 0.409 e. The van der Waals surface area contributed by atoms with Gasteiger partial charge in [-0.05, 0) is 32.0 Å². The zero-order chi connectivity index (χ0) is 19.8. The first kappa shape index (κ1) is 18.5. The molecule has 3 aromatic rings. The van der Waals surface area contributed by atoms with Crippen LogP contribution in [0.5, 0.6) is 0 Å². The molecule has 0 N–H and O–H groups in total. The van der Waals surface area contributed by atoms with E-state index >= 15 is 0 Å². The number of benzene rings is 1. The molecular weight excluding hydrogens is 380 g/mol. The Balaban J connectivity index is 1.61. The Kier molecular flexibility index (Phi) is 4.80. The molecule has 2 aromatic heterocycles. The van der Waals surface area contributed by atoms with Crippen LogP contribution in [0, 0.1) is 6.92 Å². The van der Waals surface area contributed by atoms with Crippen LogP contribution in [0.25, 0.3) is 21.1 Å². The highest BCUT2D eigenvalue weighted by molar-refractivity contribution is 7.21. The number of nitrogens with zero attached hydrogens (tertiary/aromatic N) is 2. The predicted octanol–water partition coefficient (Wildman–Crippen LogP) is 3.23. The number of aryl methyl sites for hydroxylation is 1. The Hall–Kier alpha value is -2.87. The summed E-state index contributed by atoms with van der Waals surface area (Å²) in [6.07, 6.45) is -0.351. The van der Waals surface area contributed by atoms with Crippen LogP contribution < -0.4 is 5.63 Å². The third-order valence-electron chi connectivity index (χ3n) is 4.84. The van der Waals surface area contributed by atoms with E-state index in [0.29, 0.717) is 48.6 Å². The molecule has 1 aromatic carbocycles. The number of rotatable bonds is 2. The molecule has 1 saturated heterocycles. The lowest BCUT2D eigenvalue weighted by atomic mass is 10.1. The van der Waals surface area contributed by atoms with Crippen LogP contribution in [0.1, 0.15) is 22.2 Å². The second-order valence-electron chi connectivity index (χ2n) is 6.72. The van der Waals surface area contributed by atoms with Crippen LogP contribution in [-0.4, -0.2) is 54.6 Å². The predicted molar refractivity (Wildman–Crippen MR) is 107 cm³/mol. The molecular formula is C20H20N2O5S. The molecule has 2 amide bonds. The minimum atomic E-state index is -0.436. The fourth-order valence-electron chi connectivity index (χ4n) is 3.38. The first-order valence-corrected chi connectivity index (χ1v) is 9.97. The molecule has 0 bridgehead atoms. The van der Waals surface area contributed by atoms with Gasteiger partial charge in [0.25, 0.3) is 5.91 Å². The number of ether oxygens (including phenoxy) is 1. The third kappa shape index (κ3) is 3.24. The van der Waals surface area contributed by atoms with E-state index in [1.54, 1.807) is 28.9 Å². The number of fused-ring (bicyclic) bond motifs is 3. The lowest BCUT2D eigenvalue weighted by molar-refractivity contribution is 0.0574. The van der Waals surface area contributed by atoms with Crippen molar-refractivity contribution in [1.82, 2.24) is 9.80 Å². The van der Waals surface area contributed by atoms with E-state index in [9.17, 15) is 14.4 Å². The molecule has 8 heteroatoms. The van der Waals surface area contributed by atoms with Gasteiger partial charge in [0, 0.05) is 31.6 Å². The van der Waals surface area contributed by atoms with E-state index in [0.717, 1.165) is 15.6 Å². The normalized spacial score (nSPS) is 14.6. The number of amides is 2. The average molecular weight is 400 g/mol. The van der Waals surface area contributed by atoms with Crippen LogP contribution in [0.2, 0.25) is 0 Å². The summed E-state index contributed by atoms with van der Waals surface area (Å²) in [6.45, 7) is 5.79. The number of hydrogen-bond donors (Lipinski definition) is 0. The first-order valence-electron chi connectivity index (χ1n) is 9.16. The van der Waals surface area contributed by atoms with Crippen LogP contribution in [0.3, 0.4) is 0 Å². The maximum atomic E-state index is 13.0. The number of piperazine rings is 1. The van der Waals surface area contributed by atoms with Gasteiger partial charge in [0.2, 0.25) is 0 Å². The molecule has 0 unspecified atom stereocenters. The summed E-state index contributed by atoms with van der Waals surface area (Å²) < 4.78 is 11.2. The summed E-state index contributed by atoms with van der Waals surface area (Å²) >= 11 is 1.31. The highest BCUT2D eigenvalue weighted by atomic mass is 32.1. The van der Waals surface area contributed by atoms with Gasteiger partial charge in [-0.25, -0.2) is 9.59 Å². The zero-order valence-electron chi connectivity index (χ0n) is 15.7. The fourth-order valence-corrected chi connectivity index (χ4v) is 4.51. The van der Waals surface area contributed by atoms with Gasteiger partial charge in [-0.15, -0.1) is 11.3 Å². The zero-order valence-corrected chi connectivity index (χ0v) is 16.5. The van der Waals surface area contributed by atoms with Gasteiger partial charge in [-0.1, -0.05) is 11.6 Å². The van der Waals surface area contributed by atoms with Gasteiger partial charge in [-0.2, -0.15) is 0 Å². The number of hydrogen-bond acceptors (Lipinski definition) is 6. The number of thiophene rings is 1. The first-order chi connectivity index (χ1) is 13.5. The summed E-state index contributed by atoms with van der Waals surface area (Å²) in [4.78, 5) is 40.9. The molecule has 1 aliphatic rings. The van der Waals surface area contributed by atoms with Crippen molar-refractivity contribution < 1.29 is 18.7 Å². The Morgan fingerprint density at radius 3 is 2.54 bits per heavy atom. The molecule has 0 aliphatic carbocycles. The Morgan fingerprint density at radius 2 is 1.82 bits per heavy atom. The molecule has 1 fully saturated rings. The van der Waals surface area contributed by atoms with Gasteiger partial charge in [0.1, 0.15) is 5.58 Å². The molecule has 1 aliphatic heterocycles. The van der Waals surface area contributed by atoms with Gasteiger partial charge >= 0.3 is 11.7 Å². The van der Waals surface area contributed by atoms with Crippen molar-refractivity contribution in [3.63, 3.8) is 0 Å². The average Bonchev–Trinajstić information content (AvgIpc) is 3.15. The van der Waals surface area contributed by atoms with Crippen LogP contribution in [0.4, 0.5) is 4.79 Å². The van der Waals surface area contributed by atoms with E-state index in [2.05, 4.69) is 0 Å². The second kappa shape index (κ2) is 7.27. The topological polar surface area (TPSA) is 80.1 Å².